The average molecular weight is 415 g/mol. The molecule has 29 heavy (non-hydrogen) atoms. The van der Waals surface area contributed by atoms with Crippen LogP contribution in [0.4, 0.5) is 0 Å². The zero-order valence-electron chi connectivity index (χ0n) is 19.8. The highest BCUT2D eigenvalue weighted by atomic mass is 16.7. The molecule has 0 spiro atoms. The molecule has 0 saturated carbocycles. The Bertz CT molecular complexity index is 310. The molecule has 0 aliphatic heterocycles. The first kappa shape index (κ1) is 28.4. The summed E-state index contributed by atoms with van der Waals surface area (Å²) in [4.78, 5) is 0. The van der Waals surface area contributed by atoms with E-state index in [1.54, 1.807) is 6.26 Å². The molecule has 0 heterocycles. The van der Waals surface area contributed by atoms with Gasteiger partial charge in [0.25, 0.3) is 0 Å². The molecule has 0 saturated heterocycles. The van der Waals surface area contributed by atoms with E-state index in [0.717, 1.165) is 38.9 Å². The first-order valence-electron chi connectivity index (χ1n) is 12.4. The molecule has 0 amide bonds. The third kappa shape index (κ3) is 23.6. The van der Waals surface area contributed by atoms with Gasteiger partial charge in [0.05, 0.1) is 6.26 Å². The predicted octanol–water partition coefficient (Wildman–Crippen LogP) is 7.76. The minimum absolute atomic E-state index is 0.0201. The Morgan fingerprint density at radius 1 is 0.655 bits per heavy atom. The van der Waals surface area contributed by atoms with E-state index < -0.39 is 0 Å². The zero-order valence-corrected chi connectivity index (χ0v) is 19.8. The van der Waals surface area contributed by atoms with Crippen molar-refractivity contribution in [3.8, 4) is 0 Å². The maximum atomic E-state index is 5.91. The van der Waals surface area contributed by atoms with Gasteiger partial charge in [-0.05, 0) is 51.5 Å². The highest BCUT2D eigenvalue weighted by molar-refractivity contribution is 4.72. The predicted molar refractivity (Wildman–Crippen MR) is 123 cm³/mol. The van der Waals surface area contributed by atoms with Crippen LogP contribution >= 0.6 is 0 Å². The van der Waals surface area contributed by atoms with Gasteiger partial charge in [-0.3, -0.25) is 0 Å². The van der Waals surface area contributed by atoms with E-state index in [2.05, 4.69) is 19.9 Å². The number of ether oxygens (including phenoxy) is 4. The quantitative estimate of drug-likeness (QED) is 0.0918. The second-order valence-electron chi connectivity index (χ2n) is 7.79. The highest BCUT2D eigenvalue weighted by Gasteiger charge is 2.08. The van der Waals surface area contributed by atoms with Gasteiger partial charge in [-0.15, -0.1) is 0 Å². The largest absolute Gasteiger partial charge is 0.475 e. The fraction of sp³-hybridized carbons (Fsp3) is 0.920. The third-order valence-electron chi connectivity index (χ3n) is 4.96. The van der Waals surface area contributed by atoms with Crippen LogP contribution < -0.4 is 0 Å². The van der Waals surface area contributed by atoms with Gasteiger partial charge in [-0.1, -0.05) is 71.6 Å². The minimum Gasteiger partial charge on any atom is -0.475 e. The Morgan fingerprint density at radius 2 is 1.21 bits per heavy atom. The topological polar surface area (TPSA) is 36.9 Å². The van der Waals surface area contributed by atoms with Crippen molar-refractivity contribution in [1.82, 2.24) is 0 Å². The first-order chi connectivity index (χ1) is 14.3. The average Bonchev–Trinajstić information content (AvgIpc) is 2.73. The molecule has 0 aromatic rings. The van der Waals surface area contributed by atoms with Crippen molar-refractivity contribution in [1.29, 1.82) is 0 Å². The molecule has 0 aromatic carbocycles. The van der Waals surface area contributed by atoms with E-state index in [4.69, 9.17) is 18.9 Å². The van der Waals surface area contributed by atoms with E-state index in [-0.39, 0.29) is 6.29 Å². The maximum absolute atomic E-state index is 5.91. The second kappa shape index (κ2) is 25.5. The van der Waals surface area contributed by atoms with Crippen molar-refractivity contribution < 1.29 is 18.9 Å². The standard InChI is InChI=1S/C25H50O4/c1-4-7-22-28-25(29-23-8-5-2)20-18-16-14-12-10-9-11-13-15-17-19-21-27-24-26-6-3/h19,21,25H,4-18,20,22-24H2,1-3H3. The summed E-state index contributed by atoms with van der Waals surface area (Å²) in [7, 11) is 0. The van der Waals surface area contributed by atoms with Crippen molar-refractivity contribution in [2.75, 3.05) is 26.6 Å². The number of allylic oxidation sites excluding steroid dienone is 1. The lowest BCUT2D eigenvalue weighted by molar-refractivity contribution is -0.147. The molecule has 0 N–H and O–H groups in total. The van der Waals surface area contributed by atoms with E-state index in [9.17, 15) is 0 Å². The van der Waals surface area contributed by atoms with Gasteiger partial charge in [0.1, 0.15) is 0 Å². The summed E-state index contributed by atoms with van der Waals surface area (Å²) < 4.78 is 22.1. The molecule has 174 valence electrons. The fourth-order valence-electron chi connectivity index (χ4n) is 3.05. The maximum Gasteiger partial charge on any atom is 0.188 e. The van der Waals surface area contributed by atoms with Crippen LogP contribution in [0.2, 0.25) is 0 Å². The SMILES string of the molecule is CCCCOC(CCCCCCCCCCCC=COCOCC)OCCCC. The monoisotopic (exact) mass is 414 g/mol. The summed E-state index contributed by atoms with van der Waals surface area (Å²) in [5.41, 5.74) is 0. The Labute approximate surface area is 181 Å². The molecular weight excluding hydrogens is 364 g/mol. The Morgan fingerprint density at radius 3 is 1.76 bits per heavy atom. The Hall–Kier alpha value is -0.580. The summed E-state index contributed by atoms with van der Waals surface area (Å²) in [6.45, 7) is 9.12. The number of unbranched alkanes of at least 4 members (excludes halogenated alkanes) is 11. The van der Waals surface area contributed by atoms with Crippen LogP contribution in [0, 0.1) is 0 Å². The Kier molecular flexibility index (Phi) is 24.9. The van der Waals surface area contributed by atoms with Crippen LogP contribution in [0.5, 0.6) is 0 Å². The van der Waals surface area contributed by atoms with Crippen LogP contribution in [0.15, 0.2) is 12.3 Å². The molecule has 0 bridgehead atoms. The molecular formula is C25H50O4. The van der Waals surface area contributed by atoms with Crippen LogP contribution in [-0.2, 0) is 18.9 Å². The highest BCUT2D eigenvalue weighted by Crippen LogP contribution is 2.14. The molecule has 4 nitrogen and oxygen atoms in total. The molecule has 0 radical (unpaired) electrons. The van der Waals surface area contributed by atoms with Crippen molar-refractivity contribution in [2.45, 2.75) is 123 Å². The van der Waals surface area contributed by atoms with Gasteiger partial charge >= 0.3 is 0 Å². The molecule has 0 aliphatic rings. The summed E-state index contributed by atoms with van der Waals surface area (Å²) in [6, 6.07) is 0. The third-order valence-corrected chi connectivity index (χ3v) is 4.96. The van der Waals surface area contributed by atoms with Crippen molar-refractivity contribution in [2.24, 2.45) is 0 Å². The number of rotatable bonds is 24. The molecule has 0 fully saturated rings. The van der Waals surface area contributed by atoms with Gasteiger partial charge in [0, 0.05) is 19.8 Å². The molecule has 4 heteroatoms. The first-order valence-corrected chi connectivity index (χ1v) is 12.4. The van der Waals surface area contributed by atoms with Gasteiger partial charge < -0.3 is 18.9 Å². The van der Waals surface area contributed by atoms with Gasteiger partial charge in [0.2, 0.25) is 0 Å². The Balaban J connectivity index is 3.41. The van der Waals surface area contributed by atoms with Crippen LogP contribution in [0.3, 0.4) is 0 Å². The normalized spacial score (nSPS) is 11.7. The van der Waals surface area contributed by atoms with E-state index in [0.29, 0.717) is 13.4 Å². The van der Waals surface area contributed by atoms with Crippen LogP contribution in [-0.4, -0.2) is 32.9 Å². The van der Waals surface area contributed by atoms with Crippen LogP contribution in [0.25, 0.3) is 0 Å². The second-order valence-corrected chi connectivity index (χ2v) is 7.79. The van der Waals surface area contributed by atoms with E-state index >= 15 is 0 Å². The van der Waals surface area contributed by atoms with Crippen LogP contribution in [0.1, 0.15) is 117 Å². The van der Waals surface area contributed by atoms with E-state index in [1.807, 2.05) is 6.92 Å². The summed E-state index contributed by atoms with van der Waals surface area (Å²) in [6.07, 6.45) is 22.6. The molecule has 0 rings (SSSR count). The van der Waals surface area contributed by atoms with Gasteiger partial charge in [0.15, 0.2) is 13.1 Å². The minimum atomic E-state index is 0.0201. The summed E-state index contributed by atoms with van der Waals surface area (Å²) in [5, 5.41) is 0. The lowest BCUT2D eigenvalue weighted by Crippen LogP contribution is -2.18. The summed E-state index contributed by atoms with van der Waals surface area (Å²) >= 11 is 0. The smallest absolute Gasteiger partial charge is 0.188 e. The fourth-order valence-corrected chi connectivity index (χ4v) is 3.05. The summed E-state index contributed by atoms with van der Waals surface area (Å²) in [5.74, 6) is 0. The molecule has 0 unspecified atom stereocenters. The lowest BCUT2D eigenvalue weighted by Gasteiger charge is -2.18. The molecule has 0 aromatic heterocycles. The van der Waals surface area contributed by atoms with Crippen molar-refractivity contribution in [3.05, 3.63) is 12.3 Å². The van der Waals surface area contributed by atoms with Crippen molar-refractivity contribution in [3.63, 3.8) is 0 Å². The zero-order chi connectivity index (χ0) is 21.3. The van der Waals surface area contributed by atoms with Gasteiger partial charge in [-0.25, -0.2) is 0 Å². The molecule has 0 aliphatic carbocycles. The lowest BCUT2D eigenvalue weighted by atomic mass is 10.1. The molecule has 0 atom stereocenters. The number of hydrogen-bond donors (Lipinski definition) is 0. The van der Waals surface area contributed by atoms with Gasteiger partial charge in [-0.2, -0.15) is 0 Å². The van der Waals surface area contributed by atoms with Crippen molar-refractivity contribution >= 4 is 0 Å². The van der Waals surface area contributed by atoms with E-state index in [1.165, 1.54) is 70.6 Å². The number of hydrogen-bond acceptors (Lipinski definition) is 4.